The highest BCUT2D eigenvalue weighted by Gasteiger charge is 2.07. The normalized spacial score (nSPS) is 10.6. The highest BCUT2D eigenvalue weighted by molar-refractivity contribution is 14.0. The number of rotatable bonds is 7. The van der Waals surface area contributed by atoms with Crippen LogP contribution >= 0.6 is 24.0 Å². The number of hydrogen-bond acceptors (Lipinski definition) is 3. The monoisotopic (exact) mass is 448 g/mol. The fourth-order valence-electron chi connectivity index (χ4n) is 1.88. The standard InChI is InChI=1S/C17H28N4O2.HI/c1-6-9-18-17(20-12-16(22)21(3)4)19-11-14-8-7-13(2)10-15(14)23-5;/h7-8,10H,6,9,11-12H2,1-5H3,(H2,18,19,20);1H. The second-order valence-corrected chi connectivity index (χ2v) is 5.55. The van der Waals surface area contributed by atoms with Gasteiger partial charge in [-0.15, -0.1) is 24.0 Å². The van der Waals surface area contributed by atoms with E-state index in [1.807, 2.05) is 25.1 Å². The van der Waals surface area contributed by atoms with Gasteiger partial charge >= 0.3 is 0 Å². The van der Waals surface area contributed by atoms with Crippen molar-refractivity contribution in [2.75, 3.05) is 34.3 Å². The SMILES string of the molecule is CCCNC(=NCc1ccc(C)cc1OC)NCC(=O)N(C)C.I. The summed E-state index contributed by atoms with van der Waals surface area (Å²) in [6, 6.07) is 6.04. The van der Waals surface area contributed by atoms with Crippen molar-refractivity contribution in [1.82, 2.24) is 15.5 Å². The second-order valence-electron chi connectivity index (χ2n) is 5.55. The van der Waals surface area contributed by atoms with Crippen LogP contribution in [-0.2, 0) is 11.3 Å². The van der Waals surface area contributed by atoms with Gasteiger partial charge < -0.3 is 20.3 Å². The molecule has 24 heavy (non-hydrogen) atoms. The van der Waals surface area contributed by atoms with Crippen LogP contribution in [0.2, 0.25) is 0 Å². The van der Waals surface area contributed by atoms with Crippen LogP contribution < -0.4 is 15.4 Å². The van der Waals surface area contributed by atoms with E-state index in [1.165, 1.54) is 0 Å². The number of nitrogens with one attached hydrogen (secondary N) is 2. The van der Waals surface area contributed by atoms with Crippen LogP contribution in [0.4, 0.5) is 0 Å². The van der Waals surface area contributed by atoms with Crippen molar-refractivity contribution in [3.63, 3.8) is 0 Å². The molecule has 0 radical (unpaired) electrons. The maximum atomic E-state index is 11.7. The lowest BCUT2D eigenvalue weighted by Gasteiger charge is -2.15. The molecule has 1 rings (SSSR count). The Bertz CT molecular complexity index is 547. The van der Waals surface area contributed by atoms with E-state index in [1.54, 1.807) is 26.1 Å². The van der Waals surface area contributed by atoms with Crippen molar-refractivity contribution in [2.45, 2.75) is 26.8 Å². The molecule has 0 aliphatic heterocycles. The summed E-state index contributed by atoms with van der Waals surface area (Å²) in [6.45, 7) is 5.61. The molecule has 136 valence electrons. The molecule has 1 aromatic rings. The molecule has 0 aliphatic carbocycles. The maximum absolute atomic E-state index is 11.7. The van der Waals surface area contributed by atoms with Gasteiger partial charge in [0.15, 0.2) is 5.96 Å². The summed E-state index contributed by atoms with van der Waals surface area (Å²) in [4.78, 5) is 17.8. The molecule has 6 nitrogen and oxygen atoms in total. The minimum absolute atomic E-state index is 0. The molecule has 0 unspecified atom stereocenters. The van der Waals surface area contributed by atoms with Gasteiger partial charge in [-0.1, -0.05) is 19.1 Å². The van der Waals surface area contributed by atoms with Crippen LogP contribution in [0.15, 0.2) is 23.2 Å². The summed E-state index contributed by atoms with van der Waals surface area (Å²) in [5, 5.41) is 6.27. The topological polar surface area (TPSA) is 66.0 Å². The largest absolute Gasteiger partial charge is 0.496 e. The third-order valence-electron chi connectivity index (χ3n) is 3.30. The van der Waals surface area contributed by atoms with Crippen molar-refractivity contribution in [3.05, 3.63) is 29.3 Å². The molecule has 7 heteroatoms. The Kier molecular flexibility index (Phi) is 11.2. The van der Waals surface area contributed by atoms with E-state index in [2.05, 4.69) is 22.5 Å². The van der Waals surface area contributed by atoms with Crippen LogP contribution in [-0.4, -0.2) is 51.1 Å². The van der Waals surface area contributed by atoms with Crippen LogP contribution in [0.3, 0.4) is 0 Å². The van der Waals surface area contributed by atoms with E-state index in [4.69, 9.17) is 4.74 Å². The molecular formula is C17H29IN4O2. The number of aliphatic imine (C=N–C) groups is 1. The number of ether oxygens (including phenoxy) is 1. The number of guanidine groups is 1. The number of aryl methyl sites for hydroxylation is 1. The van der Waals surface area contributed by atoms with Crippen LogP contribution in [0.1, 0.15) is 24.5 Å². The Labute approximate surface area is 162 Å². The van der Waals surface area contributed by atoms with E-state index in [9.17, 15) is 4.79 Å². The lowest BCUT2D eigenvalue weighted by Crippen LogP contribution is -2.43. The molecule has 0 aromatic heterocycles. The van der Waals surface area contributed by atoms with E-state index in [-0.39, 0.29) is 36.4 Å². The fraction of sp³-hybridized carbons (Fsp3) is 0.529. The first kappa shape index (κ1) is 22.5. The number of carbonyl (C=O) groups excluding carboxylic acids is 1. The molecule has 2 N–H and O–H groups in total. The number of hydrogen-bond donors (Lipinski definition) is 2. The molecule has 1 aromatic carbocycles. The second kappa shape index (κ2) is 11.9. The zero-order chi connectivity index (χ0) is 17.2. The molecule has 0 heterocycles. The van der Waals surface area contributed by atoms with Gasteiger partial charge in [0.05, 0.1) is 20.2 Å². The lowest BCUT2D eigenvalue weighted by atomic mass is 10.1. The molecule has 0 atom stereocenters. The van der Waals surface area contributed by atoms with Crippen LogP contribution in [0.5, 0.6) is 5.75 Å². The van der Waals surface area contributed by atoms with Gasteiger partial charge in [-0.3, -0.25) is 4.79 Å². The zero-order valence-electron chi connectivity index (χ0n) is 15.2. The van der Waals surface area contributed by atoms with Crippen molar-refractivity contribution in [1.29, 1.82) is 0 Å². The maximum Gasteiger partial charge on any atom is 0.241 e. The van der Waals surface area contributed by atoms with Crippen LogP contribution in [0, 0.1) is 6.92 Å². The summed E-state index contributed by atoms with van der Waals surface area (Å²) >= 11 is 0. The molecule has 1 amide bonds. The first-order valence-electron chi connectivity index (χ1n) is 7.83. The number of amides is 1. The number of likely N-dealkylation sites (N-methyl/N-ethyl adjacent to an activating group) is 1. The average molecular weight is 448 g/mol. The summed E-state index contributed by atoms with van der Waals surface area (Å²) in [5.74, 6) is 1.46. The molecule has 0 saturated heterocycles. The lowest BCUT2D eigenvalue weighted by molar-refractivity contribution is -0.127. The van der Waals surface area contributed by atoms with E-state index >= 15 is 0 Å². The smallest absolute Gasteiger partial charge is 0.241 e. The number of benzene rings is 1. The number of carbonyl (C=O) groups is 1. The minimum Gasteiger partial charge on any atom is -0.496 e. The van der Waals surface area contributed by atoms with Gasteiger partial charge in [0, 0.05) is 26.2 Å². The molecular weight excluding hydrogens is 419 g/mol. The number of nitrogens with zero attached hydrogens (tertiary/aromatic N) is 2. The highest BCUT2D eigenvalue weighted by atomic mass is 127. The predicted octanol–water partition coefficient (Wildman–Crippen LogP) is 2.16. The van der Waals surface area contributed by atoms with Gasteiger partial charge in [0.2, 0.25) is 5.91 Å². The zero-order valence-corrected chi connectivity index (χ0v) is 17.5. The van der Waals surface area contributed by atoms with Gasteiger partial charge in [0.25, 0.3) is 0 Å². The Hall–Kier alpha value is -1.51. The Morgan fingerprint density at radius 1 is 1.29 bits per heavy atom. The summed E-state index contributed by atoms with van der Waals surface area (Å²) in [7, 11) is 5.13. The minimum atomic E-state index is 0. The Morgan fingerprint density at radius 2 is 2.00 bits per heavy atom. The Morgan fingerprint density at radius 3 is 2.58 bits per heavy atom. The summed E-state index contributed by atoms with van der Waals surface area (Å²) in [6.07, 6.45) is 0.982. The van der Waals surface area contributed by atoms with Gasteiger partial charge in [-0.2, -0.15) is 0 Å². The van der Waals surface area contributed by atoms with Gasteiger partial charge in [-0.05, 0) is 25.0 Å². The van der Waals surface area contributed by atoms with E-state index < -0.39 is 0 Å². The van der Waals surface area contributed by atoms with Gasteiger partial charge in [0.1, 0.15) is 5.75 Å². The van der Waals surface area contributed by atoms with Crippen molar-refractivity contribution in [2.24, 2.45) is 4.99 Å². The van der Waals surface area contributed by atoms with Crippen molar-refractivity contribution in [3.8, 4) is 5.75 Å². The average Bonchev–Trinajstić information content (AvgIpc) is 2.54. The highest BCUT2D eigenvalue weighted by Crippen LogP contribution is 2.20. The van der Waals surface area contributed by atoms with Gasteiger partial charge in [-0.25, -0.2) is 4.99 Å². The number of methoxy groups -OCH3 is 1. The quantitative estimate of drug-likeness (QED) is 0.381. The fourth-order valence-corrected chi connectivity index (χ4v) is 1.88. The molecule has 0 bridgehead atoms. The summed E-state index contributed by atoms with van der Waals surface area (Å²) in [5.41, 5.74) is 2.16. The third-order valence-corrected chi connectivity index (χ3v) is 3.30. The molecule has 0 fully saturated rings. The first-order valence-corrected chi connectivity index (χ1v) is 7.83. The molecule has 0 spiro atoms. The molecule has 0 saturated carbocycles. The van der Waals surface area contributed by atoms with Crippen LogP contribution in [0.25, 0.3) is 0 Å². The Balaban J connectivity index is 0.00000529. The first-order chi connectivity index (χ1) is 11.0. The van der Waals surface area contributed by atoms with Crippen molar-refractivity contribution >= 4 is 35.8 Å². The number of halogens is 1. The third kappa shape index (κ3) is 7.85. The van der Waals surface area contributed by atoms with E-state index in [0.29, 0.717) is 12.5 Å². The van der Waals surface area contributed by atoms with E-state index in [0.717, 1.165) is 29.8 Å². The predicted molar refractivity (Wildman–Crippen MR) is 109 cm³/mol. The summed E-state index contributed by atoms with van der Waals surface area (Å²) < 4.78 is 5.40. The van der Waals surface area contributed by atoms with Crippen molar-refractivity contribution < 1.29 is 9.53 Å². The molecule has 0 aliphatic rings.